The van der Waals surface area contributed by atoms with Crippen molar-refractivity contribution in [3.63, 3.8) is 0 Å². The number of nitriles is 1. The van der Waals surface area contributed by atoms with E-state index in [1.54, 1.807) is 6.20 Å². The molecule has 0 spiro atoms. The molecule has 3 aromatic rings. The lowest BCUT2D eigenvalue weighted by Crippen LogP contribution is -2.24. The third kappa shape index (κ3) is 3.66. The van der Waals surface area contributed by atoms with Crippen LogP contribution < -0.4 is 10.2 Å². The van der Waals surface area contributed by atoms with E-state index in [1.807, 2.05) is 18.3 Å². The van der Waals surface area contributed by atoms with Gasteiger partial charge < -0.3 is 10.2 Å². The van der Waals surface area contributed by atoms with E-state index in [0.29, 0.717) is 21.7 Å². The highest BCUT2D eigenvalue weighted by Crippen LogP contribution is 2.44. The van der Waals surface area contributed by atoms with Gasteiger partial charge in [-0.1, -0.05) is 23.5 Å². The summed E-state index contributed by atoms with van der Waals surface area (Å²) in [6, 6.07) is 8.99. The fraction of sp³-hybridized carbons (Fsp3) is 0.333. The van der Waals surface area contributed by atoms with Gasteiger partial charge >= 0.3 is 0 Å². The number of rotatable bonds is 5. The molecule has 1 saturated carbocycles. The highest BCUT2D eigenvalue weighted by atomic mass is 32.1. The van der Waals surface area contributed by atoms with Crippen molar-refractivity contribution >= 4 is 28.1 Å². The van der Waals surface area contributed by atoms with Crippen molar-refractivity contribution < 1.29 is 4.39 Å². The van der Waals surface area contributed by atoms with Crippen LogP contribution in [0, 0.1) is 17.1 Å². The molecule has 1 aliphatic carbocycles. The number of benzene rings is 1. The summed E-state index contributed by atoms with van der Waals surface area (Å²) in [5.41, 5.74) is 2.05. The first kappa shape index (κ1) is 18.0. The molecule has 1 N–H and O–H groups in total. The highest BCUT2D eigenvalue weighted by Gasteiger charge is 2.32. The van der Waals surface area contributed by atoms with Crippen LogP contribution in [0.5, 0.6) is 0 Å². The molecule has 29 heavy (non-hydrogen) atoms. The molecule has 6 nitrogen and oxygen atoms in total. The van der Waals surface area contributed by atoms with E-state index in [0.717, 1.165) is 49.3 Å². The highest BCUT2D eigenvalue weighted by molar-refractivity contribution is 7.16. The predicted octanol–water partition coefficient (Wildman–Crippen LogP) is 4.91. The first-order valence-electron chi connectivity index (χ1n) is 9.73. The largest absolute Gasteiger partial charge is 0.348 e. The number of halogens is 1. The van der Waals surface area contributed by atoms with Crippen molar-refractivity contribution in [1.82, 2.24) is 15.0 Å². The van der Waals surface area contributed by atoms with Gasteiger partial charge in [-0.25, -0.2) is 14.4 Å². The zero-order valence-corrected chi connectivity index (χ0v) is 16.5. The Kier molecular flexibility index (Phi) is 4.60. The van der Waals surface area contributed by atoms with Crippen LogP contribution in [-0.2, 0) is 0 Å². The van der Waals surface area contributed by atoms with Gasteiger partial charge in [-0.2, -0.15) is 5.26 Å². The lowest BCUT2D eigenvalue weighted by molar-refractivity contribution is 0.624. The molecule has 0 bridgehead atoms. The number of nitrogens with one attached hydrogen (secondary N) is 1. The Morgan fingerprint density at radius 2 is 1.97 bits per heavy atom. The first-order chi connectivity index (χ1) is 14.2. The quantitative estimate of drug-likeness (QED) is 0.649. The normalized spacial score (nSPS) is 18.6. The average Bonchev–Trinajstić information content (AvgIpc) is 3.28. The Labute approximate surface area is 172 Å². The van der Waals surface area contributed by atoms with E-state index >= 15 is 0 Å². The maximum atomic E-state index is 13.3. The Bertz CT molecular complexity index is 1070. The molecule has 2 aromatic heterocycles. The SMILES string of the molecule is N#Cc1cnc(Nc2nc(N3CCCC3c3ccc(F)cc3)cnc2C2CC2)s1. The van der Waals surface area contributed by atoms with E-state index < -0.39 is 0 Å². The summed E-state index contributed by atoms with van der Waals surface area (Å²) in [7, 11) is 0. The molecule has 3 heterocycles. The van der Waals surface area contributed by atoms with E-state index in [4.69, 9.17) is 15.2 Å². The fourth-order valence-electron chi connectivity index (χ4n) is 3.83. The van der Waals surface area contributed by atoms with Gasteiger partial charge in [-0.3, -0.25) is 4.98 Å². The van der Waals surface area contributed by atoms with Gasteiger partial charge in [0.25, 0.3) is 0 Å². The Morgan fingerprint density at radius 1 is 1.14 bits per heavy atom. The monoisotopic (exact) mass is 406 g/mol. The first-order valence-corrected chi connectivity index (χ1v) is 10.5. The summed E-state index contributed by atoms with van der Waals surface area (Å²) in [6.07, 6.45) is 7.69. The number of anilines is 3. The number of aromatic nitrogens is 3. The fourth-order valence-corrected chi connectivity index (χ4v) is 4.44. The summed E-state index contributed by atoms with van der Waals surface area (Å²) >= 11 is 1.31. The lowest BCUT2D eigenvalue weighted by Gasteiger charge is -2.26. The summed E-state index contributed by atoms with van der Waals surface area (Å²) in [4.78, 5) is 16.7. The van der Waals surface area contributed by atoms with Gasteiger partial charge in [0.2, 0.25) is 0 Å². The molecular weight excluding hydrogens is 387 g/mol. The van der Waals surface area contributed by atoms with Gasteiger partial charge in [-0.05, 0) is 43.4 Å². The minimum Gasteiger partial charge on any atom is -0.348 e. The van der Waals surface area contributed by atoms with E-state index in [-0.39, 0.29) is 11.9 Å². The summed E-state index contributed by atoms with van der Waals surface area (Å²) in [6.45, 7) is 0.884. The van der Waals surface area contributed by atoms with Crippen LogP contribution in [0.15, 0.2) is 36.7 Å². The zero-order valence-electron chi connectivity index (χ0n) is 15.7. The van der Waals surface area contributed by atoms with E-state index in [2.05, 4.69) is 21.3 Å². The molecule has 1 saturated heterocycles. The molecule has 146 valence electrons. The molecular formula is C21H19FN6S. The second-order valence-electron chi connectivity index (χ2n) is 7.41. The summed E-state index contributed by atoms with van der Waals surface area (Å²) < 4.78 is 13.3. The van der Waals surface area contributed by atoms with Gasteiger partial charge in [0, 0.05) is 12.5 Å². The third-order valence-corrected chi connectivity index (χ3v) is 6.21. The molecule has 2 fully saturated rings. The summed E-state index contributed by atoms with van der Waals surface area (Å²) in [5.74, 6) is 1.73. The van der Waals surface area contributed by atoms with Crippen molar-refractivity contribution in [1.29, 1.82) is 5.26 Å². The van der Waals surface area contributed by atoms with Crippen molar-refractivity contribution in [2.75, 3.05) is 16.8 Å². The van der Waals surface area contributed by atoms with Crippen molar-refractivity contribution in [2.24, 2.45) is 0 Å². The van der Waals surface area contributed by atoms with Crippen molar-refractivity contribution in [3.05, 3.63) is 58.6 Å². The average molecular weight is 406 g/mol. The van der Waals surface area contributed by atoms with Crippen LogP contribution in [0.4, 0.5) is 21.2 Å². The van der Waals surface area contributed by atoms with Crippen molar-refractivity contribution in [2.45, 2.75) is 37.6 Å². The van der Waals surface area contributed by atoms with Crippen LogP contribution in [0.2, 0.25) is 0 Å². The van der Waals surface area contributed by atoms with Crippen molar-refractivity contribution in [3.8, 4) is 6.07 Å². The predicted molar refractivity (Wildman–Crippen MR) is 110 cm³/mol. The summed E-state index contributed by atoms with van der Waals surface area (Å²) in [5, 5.41) is 13.0. The lowest BCUT2D eigenvalue weighted by atomic mass is 10.0. The maximum absolute atomic E-state index is 13.3. The van der Waals surface area contributed by atoms with Crippen LogP contribution >= 0.6 is 11.3 Å². The smallest absolute Gasteiger partial charge is 0.189 e. The Morgan fingerprint density at radius 3 is 2.69 bits per heavy atom. The third-order valence-electron chi connectivity index (χ3n) is 5.40. The van der Waals surface area contributed by atoms with Crippen LogP contribution in [-0.4, -0.2) is 21.5 Å². The maximum Gasteiger partial charge on any atom is 0.189 e. The Hall–Kier alpha value is -3.05. The van der Waals surface area contributed by atoms with Gasteiger partial charge in [-0.15, -0.1) is 0 Å². The second-order valence-corrected chi connectivity index (χ2v) is 8.44. The molecule has 2 aliphatic rings. The standard InChI is InChI=1S/C21H19FN6S/c22-15-7-5-13(6-8-15)17-2-1-9-28(17)18-12-24-19(14-3-4-14)20(26-18)27-21-25-11-16(10-23)29-21/h5-8,11-12,14,17H,1-4,9H2,(H,25,26,27). The number of hydrogen-bond donors (Lipinski definition) is 1. The molecule has 8 heteroatoms. The van der Waals surface area contributed by atoms with Gasteiger partial charge in [0.05, 0.1) is 24.1 Å². The molecule has 1 unspecified atom stereocenters. The van der Waals surface area contributed by atoms with Crippen LogP contribution in [0.1, 0.15) is 53.8 Å². The van der Waals surface area contributed by atoms with Gasteiger partial charge in [0.15, 0.2) is 10.9 Å². The number of thiazole rings is 1. The number of nitrogens with zero attached hydrogens (tertiary/aromatic N) is 5. The molecule has 1 aliphatic heterocycles. The molecule has 5 rings (SSSR count). The number of hydrogen-bond acceptors (Lipinski definition) is 7. The van der Waals surface area contributed by atoms with E-state index in [1.165, 1.54) is 23.5 Å². The van der Waals surface area contributed by atoms with Gasteiger partial charge in [0.1, 0.15) is 22.6 Å². The zero-order chi connectivity index (χ0) is 19.8. The Balaban J connectivity index is 1.46. The molecule has 1 aromatic carbocycles. The van der Waals surface area contributed by atoms with E-state index in [9.17, 15) is 4.39 Å². The second kappa shape index (κ2) is 7.41. The molecule has 0 radical (unpaired) electrons. The minimum absolute atomic E-state index is 0.162. The topological polar surface area (TPSA) is 77.7 Å². The molecule has 1 atom stereocenters. The molecule has 0 amide bonds. The minimum atomic E-state index is -0.224. The van der Waals surface area contributed by atoms with Crippen LogP contribution in [0.3, 0.4) is 0 Å². The van der Waals surface area contributed by atoms with Crippen LogP contribution in [0.25, 0.3) is 0 Å².